The van der Waals surface area contributed by atoms with Crippen LogP contribution in [0.1, 0.15) is 36.5 Å². The molecule has 0 saturated carbocycles. The van der Waals surface area contributed by atoms with Gasteiger partial charge in [-0.05, 0) is 36.8 Å². The lowest BCUT2D eigenvalue weighted by Crippen LogP contribution is -2.05. The fourth-order valence-electron chi connectivity index (χ4n) is 2.63. The Morgan fingerprint density at radius 3 is 2.85 bits per heavy atom. The largest absolute Gasteiger partial charge is 0.491 e. The number of ether oxygens (including phenoxy) is 1. The SMILES string of the molecule is CCCCCOc1cccnc1-c1cc(=O)c2cc(C(=O)O)ccc2o1. The van der Waals surface area contributed by atoms with E-state index in [1.165, 1.54) is 24.3 Å². The van der Waals surface area contributed by atoms with Crippen molar-refractivity contribution in [3.8, 4) is 17.2 Å². The summed E-state index contributed by atoms with van der Waals surface area (Å²) in [6.45, 7) is 2.68. The maximum atomic E-state index is 12.4. The molecule has 2 heterocycles. The molecule has 1 aromatic carbocycles. The average Bonchev–Trinajstić information content (AvgIpc) is 2.65. The number of aromatic nitrogens is 1. The summed E-state index contributed by atoms with van der Waals surface area (Å²) >= 11 is 0. The fraction of sp³-hybridized carbons (Fsp3) is 0.250. The van der Waals surface area contributed by atoms with Crippen molar-refractivity contribution in [3.63, 3.8) is 0 Å². The zero-order chi connectivity index (χ0) is 18.5. The Kier molecular flexibility index (Phi) is 5.31. The Morgan fingerprint density at radius 1 is 1.23 bits per heavy atom. The topological polar surface area (TPSA) is 89.6 Å². The molecular weight excluding hydrogens is 334 g/mol. The normalized spacial score (nSPS) is 10.8. The van der Waals surface area contributed by atoms with Crippen molar-refractivity contribution >= 4 is 16.9 Å². The molecule has 26 heavy (non-hydrogen) atoms. The van der Waals surface area contributed by atoms with Crippen LogP contribution in [0, 0.1) is 0 Å². The van der Waals surface area contributed by atoms with Gasteiger partial charge in [-0.15, -0.1) is 0 Å². The molecule has 0 aliphatic carbocycles. The van der Waals surface area contributed by atoms with Crippen LogP contribution >= 0.6 is 0 Å². The standard InChI is InChI=1S/C20H19NO5/c1-2-3-4-10-25-17-6-5-9-21-19(17)18-12-15(22)14-11-13(20(23)24)7-8-16(14)26-18/h5-9,11-12H,2-4,10H2,1H3,(H,23,24). The van der Waals surface area contributed by atoms with E-state index in [1.54, 1.807) is 18.3 Å². The second-order valence-electron chi connectivity index (χ2n) is 5.90. The molecule has 134 valence electrons. The molecule has 1 N–H and O–H groups in total. The number of hydrogen-bond donors (Lipinski definition) is 1. The van der Waals surface area contributed by atoms with Gasteiger partial charge < -0.3 is 14.3 Å². The van der Waals surface area contributed by atoms with Gasteiger partial charge in [-0.3, -0.25) is 4.79 Å². The van der Waals surface area contributed by atoms with Gasteiger partial charge in [0, 0.05) is 12.3 Å². The van der Waals surface area contributed by atoms with Gasteiger partial charge >= 0.3 is 5.97 Å². The van der Waals surface area contributed by atoms with Crippen molar-refractivity contribution < 1.29 is 19.1 Å². The van der Waals surface area contributed by atoms with Crippen LogP contribution in [-0.4, -0.2) is 22.7 Å². The monoisotopic (exact) mass is 353 g/mol. The maximum Gasteiger partial charge on any atom is 0.335 e. The summed E-state index contributed by atoms with van der Waals surface area (Å²) < 4.78 is 11.6. The summed E-state index contributed by atoms with van der Waals surface area (Å²) in [6, 6.07) is 9.05. The number of unbranched alkanes of at least 4 members (excludes halogenated alkanes) is 2. The summed E-state index contributed by atoms with van der Waals surface area (Å²) in [5.41, 5.74) is 0.465. The van der Waals surface area contributed by atoms with E-state index in [2.05, 4.69) is 11.9 Å². The van der Waals surface area contributed by atoms with Crippen LogP contribution in [0.3, 0.4) is 0 Å². The van der Waals surface area contributed by atoms with Gasteiger partial charge in [0.25, 0.3) is 0 Å². The lowest BCUT2D eigenvalue weighted by Gasteiger charge is -2.10. The van der Waals surface area contributed by atoms with E-state index in [-0.39, 0.29) is 22.1 Å². The molecule has 0 aliphatic heterocycles. The van der Waals surface area contributed by atoms with Crippen molar-refractivity contribution in [1.82, 2.24) is 4.98 Å². The number of carboxylic acids is 1. The molecule has 2 aromatic heterocycles. The number of nitrogens with zero attached hydrogens (tertiary/aromatic N) is 1. The molecule has 0 amide bonds. The van der Waals surface area contributed by atoms with Gasteiger partial charge in [0.1, 0.15) is 17.0 Å². The second kappa shape index (κ2) is 7.82. The Labute approximate surface area is 150 Å². The van der Waals surface area contributed by atoms with Gasteiger partial charge in [0.15, 0.2) is 11.2 Å². The first-order chi connectivity index (χ1) is 12.6. The molecule has 3 aromatic rings. The van der Waals surface area contributed by atoms with Gasteiger partial charge in [0.05, 0.1) is 17.6 Å². The van der Waals surface area contributed by atoms with Gasteiger partial charge in [-0.2, -0.15) is 0 Å². The maximum absolute atomic E-state index is 12.4. The molecule has 0 radical (unpaired) electrons. The highest BCUT2D eigenvalue weighted by molar-refractivity contribution is 5.93. The highest BCUT2D eigenvalue weighted by Gasteiger charge is 2.14. The number of hydrogen-bond acceptors (Lipinski definition) is 5. The van der Waals surface area contributed by atoms with Crippen LogP contribution in [0.5, 0.6) is 5.75 Å². The molecule has 0 unspecified atom stereocenters. The number of fused-ring (bicyclic) bond motifs is 1. The molecule has 3 rings (SSSR count). The number of carbonyl (C=O) groups is 1. The fourth-order valence-corrected chi connectivity index (χ4v) is 2.63. The van der Waals surface area contributed by atoms with Crippen LogP contribution < -0.4 is 10.2 Å². The molecule has 0 spiro atoms. The van der Waals surface area contributed by atoms with Crippen molar-refractivity contribution in [2.24, 2.45) is 0 Å². The van der Waals surface area contributed by atoms with Crippen LogP contribution in [0.4, 0.5) is 0 Å². The van der Waals surface area contributed by atoms with Crippen molar-refractivity contribution in [2.75, 3.05) is 6.61 Å². The Bertz CT molecular complexity index is 993. The third-order valence-corrected chi connectivity index (χ3v) is 3.98. The van der Waals surface area contributed by atoms with E-state index in [4.69, 9.17) is 14.3 Å². The van der Waals surface area contributed by atoms with Crippen LogP contribution in [0.25, 0.3) is 22.4 Å². The first kappa shape index (κ1) is 17.7. The quantitative estimate of drug-likeness (QED) is 0.643. The molecule has 0 bridgehead atoms. The van der Waals surface area contributed by atoms with Crippen LogP contribution in [0.2, 0.25) is 0 Å². The smallest absolute Gasteiger partial charge is 0.335 e. The molecule has 6 heteroatoms. The van der Waals surface area contributed by atoms with Crippen molar-refractivity contribution in [3.05, 3.63) is 58.4 Å². The van der Waals surface area contributed by atoms with Crippen LogP contribution in [0.15, 0.2) is 51.8 Å². The highest BCUT2D eigenvalue weighted by atomic mass is 16.5. The third-order valence-electron chi connectivity index (χ3n) is 3.98. The summed E-state index contributed by atoms with van der Waals surface area (Å²) in [5, 5.41) is 9.28. The van der Waals surface area contributed by atoms with E-state index in [9.17, 15) is 9.59 Å². The number of pyridine rings is 1. The van der Waals surface area contributed by atoms with Crippen molar-refractivity contribution in [2.45, 2.75) is 26.2 Å². The molecule has 0 atom stereocenters. The van der Waals surface area contributed by atoms with E-state index >= 15 is 0 Å². The van der Waals surface area contributed by atoms with Crippen LogP contribution in [-0.2, 0) is 0 Å². The summed E-state index contributed by atoms with van der Waals surface area (Å²) in [5.74, 6) is -0.257. The molecule has 0 aliphatic rings. The van der Waals surface area contributed by atoms with Gasteiger partial charge in [-0.25, -0.2) is 9.78 Å². The summed E-state index contributed by atoms with van der Waals surface area (Å²) in [7, 11) is 0. The summed E-state index contributed by atoms with van der Waals surface area (Å²) in [4.78, 5) is 27.8. The predicted octanol–water partition coefficient (Wildman–Crippen LogP) is 4.12. The predicted molar refractivity (Wildman–Crippen MR) is 97.7 cm³/mol. The van der Waals surface area contributed by atoms with Crippen molar-refractivity contribution in [1.29, 1.82) is 0 Å². The third kappa shape index (κ3) is 3.74. The zero-order valence-electron chi connectivity index (χ0n) is 14.4. The first-order valence-electron chi connectivity index (χ1n) is 8.49. The summed E-state index contributed by atoms with van der Waals surface area (Å²) in [6.07, 6.45) is 4.71. The first-order valence-corrected chi connectivity index (χ1v) is 8.49. The van der Waals surface area contributed by atoms with Gasteiger partial charge in [0.2, 0.25) is 0 Å². The van der Waals surface area contributed by atoms with E-state index in [1.807, 2.05) is 0 Å². The second-order valence-corrected chi connectivity index (χ2v) is 5.90. The number of aromatic carboxylic acids is 1. The average molecular weight is 353 g/mol. The number of rotatable bonds is 7. The molecule has 0 fully saturated rings. The lowest BCUT2D eigenvalue weighted by atomic mass is 10.1. The molecule has 0 saturated heterocycles. The minimum atomic E-state index is -1.09. The molecule has 6 nitrogen and oxygen atoms in total. The minimum Gasteiger partial charge on any atom is -0.491 e. The Hall–Kier alpha value is -3.15. The highest BCUT2D eigenvalue weighted by Crippen LogP contribution is 2.29. The number of benzene rings is 1. The zero-order valence-corrected chi connectivity index (χ0v) is 14.4. The minimum absolute atomic E-state index is 0.0373. The molecular formula is C20H19NO5. The van der Waals surface area contributed by atoms with E-state index < -0.39 is 5.97 Å². The van der Waals surface area contributed by atoms with Gasteiger partial charge in [-0.1, -0.05) is 19.8 Å². The Morgan fingerprint density at radius 2 is 2.08 bits per heavy atom. The van der Waals surface area contributed by atoms with E-state index in [0.717, 1.165) is 19.3 Å². The Balaban J connectivity index is 2.00. The number of carboxylic acid groups (broad SMARTS) is 1. The lowest BCUT2D eigenvalue weighted by molar-refractivity contribution is 0.0697. The van der Waals surface area contributed by atoms with E-state index in [0.29, 0.717) is 23.6 Å².